The van der Waals surface area contributed by atoms with Crippen molar-refractivity contribution >= 4 is 5.91 Å². The van der Waals surface area contributed by atoms with Crippen molar-refractivity contribution in [3.63, 3.8) is 0 Å². The number of nitrogens with one attached hydrogen (secondary N) is 1. The van der Waals surface area contributed by atoms with Gasteiger partial charge in [-0.2, -0.15) is 0 Å². The fraction of sp³-hybridized carbons (Fsp3) is 0.731. The molecule has 31 heavy (non-hydrogen) atoms. The van der Waals surface area contributed by atoms with Crippen LogP contribution >= 0.6 is 0 Å². The Hall–Kier alpha value is -1.59. The molecule has 1 aromatic carbocycles. The summed E-state index contributed by atoms with van der Waals surface area (Å²) in [6.45, 7) is 8.44. The third-order valence-corrected chi connectivity index (χ3v) is 8.39. The van der Waals surface area contributed by atoms with Crippen LogP contribution in [0.25, 0.3) is 0 Å². The van der Waals surface area contributed by atoms with Crippen LogP contribution in [0.2, 0.25) is 0 Å². The largest absolute Gasteiger partial charge is 0.496 e. The number of methoxy groups -OCH3 is 1. The van der Waals surface area contributed by atoms with Gasteiger partial charge in [0.15, 0.2) is 0 Å². The third-order valence-electron chi connectivity index (χ3n) is 8.39. The molecule has 0 radical (unpaired) electrons. The minimum Gasteiger partial charge on any atom is -0.496 e. The van der Waals surface area contributed by atoms with Gasteiger partial charge in [0.05, 0.1) is 13.2 Å². The highest BCUT2D eigenvalue weighted by Crippen LogP contribution is 2.70. The fourth-order valence-corrected chi connectivity index (χ4v) is 7.03. The highest BCUT2D eigenvalue weighted by atomic mass is 16.5. The Kier molecular flexibility index (Phi) is 6.12. The van der Waals surface area contributed by atoms with Gasteiger partial charge in [-0.15, -0.1) is 0 Å². The van der Waals surface area contributed by atoms with Gasteiger partial charge in [0.25, 0.3) is 0 Å². The molecule has 0 aromatic heterocycles. The average Bonchev–Trinajstić information content (AvgIpc) is 3.20. The number of carbonyl (C=O) groups is 1. The van der Waals surface area contributed by atoms with Crippen molar-refractivity contribution in [1.29, 1.82) is 0 Å². The molecule has 2 saturated carbocycles. The number of hydrogen-bond donors (Lipinski definition) is 1. The molecule has 1 N–H and O–H groups in total. The summed E-state index contributed by atoms with van der Waals surface area (Å²) in [4.78, 5) is 14.9. The summed E-state index contributed by atoms with van der Waals surface area (Å²) in [6, 6.07) is 6.74. The smallest absolute Gasteiger partial charge is 0.220 e. The molecule has 4 rings (SSSR count). The first-order valence-electron chi connectivity index (χ1n) is 12.0. The number of nitrogens with zero attached hydrogens (tertiary/aromatic N) is 1. The Bertz CT molecular complexity index is 821. The second kappa shape index (κ2) is 8.40. The molecule has 1 unspecified atom stereocenters. The van der Waals surface area contributed by atoms with Crippen LogP contribution in [0, 0.1) is 22.7 Å². The highest BCUT2D eigenvalue weighted by Gasteiger charge is 2.68. The topological polar surface area (TPSA) is 50.8 Å². The van der Waals surface area contributed by atoms with E-state index >= 15 is 0 Å². The van der Waals surface area contributed by atoms with Gasteiger partial charge in [-0.3, -0.25) is 4.79 Å². The molecule has 1 amide bonds. The summed E-state index contributed by atoms with van der Waals surface area (Å²) >= 11 is 0. The summed E-state index contributed by atoms with van der Waals surface area (Å²) in [5, 5.41) is 3.50. The lowest BCUT2D eigenvalue weighted by Gasteiger charge is -2.53. The van der Waals surface area contributed by atoms with Gasteiger partial charge in [0, 0.05) is 31.2 Å². The van der Waals surface area contributed by atoms with Crippen molar-refractivity contribution in [3.8, 4) is 5.75 Å². The number of fused-ring (bicyclic) bond motifs is 1. The second-order valence-corrected chi connectivity index (χ2v) is 10.9. The Balaban J connectivity index is 1.69. The fourth-order valence-electron chi connectivity index (χ4n) is 7.03. The lowest BCUT2D eigenvalue weighted by atomic mass is 9.58. The van der Waals surface area contributed by atoms with Gasteiger partial charge in [0.1, 0.15) is 5.75 Å². The maximum Gasteiger partial charge on any atom is 0.220 e. The molecule has 1 heterocycles. The average molecular weight is 429 g/mol. The quantitative estimate of drug-likeness (QED) is 0.692. The Morgan fingerprint density at radius 2 is 2.10 bits per heavy atom. The molecule has 3 aliphatic rings. The SMILES string of the molecule is CCCC(=O)N[C@H]1C(C)(C)[C@@H]2C[C@@H]3[C@@H](c4cc(CN(C)C)ccc4OC)OCCC31C2. The van der Waals surface area contributed by atoms with Crippen molar-refractivity contribution in [1.82, 2.24) is 10.2 Å². The van der Waals surface area contributed by atoms with Gasteiger partial charge >= 0.3 is 0 Å². The predicted octanol–water partition coefficient (Wildman–Crippen LogP) is 4.56. The van der Waals surface area contributed by atoms with E-state index in [-0.39, 0.29) is 28.9 Å². The zero-order valence-electron chi connectivity index (χ0n) is 20.2. The van der Waals surface area contributed by atoms with E-state index in [9.17, 15) is 4.79 Å². The van der Waals surface area contributed by atoms with Crippen LogP contribution in [0.1, 0.15) is 70.1 Å². The van der Waals surface area contributed by atoms with E-state index in [1.165, 1.54) is 24.0 Å². The molecule has 1 saturated heterocycles. The van der Waals surface area contributed by atoms with Crippen LogP contribution in [0.15, 0.2) is 18.2 Å². The van der Waals surface area contributed by atoms with Crippen LogP contribution < -0.4 is 10.1 Å². The first-order chi connectivity index (χ1) is 14.7. The number of amides is 1. The van der Waals surface area contributed by atoms with E-state index in [0.717, 1.165) is 31.7 Å². The lowest BCUT2D eigenvalue weighted by Crippen LogP contribution is -2.58. The Morgan fingerprint density at radius 1 is 1.32 bits per heavy atom. The molecule has 5 atom stereocenters. The van der Waals surface area contributed by atoms with Crippen molar-refractivity contribution < 1.29 is 14.3 Å². The van der Waals surface area contributed by atoms with E-state index < -0.39 is 0 Å². The van der Waals surface area contributed by atoms with Gasteiger partial charge in [-0.05, 0) is 80.1 Å². The zero-order chi connectivity index (χ0) is 22.4. The van der Waals surface area contributed by atoms with Crippen molar-refractivity contribution in [3.05, 3.63) is 29.3 Å². The molecule has 3 fully saturated rings. The Morgan fingerprint density at radius 3 is 2.77 bits per heavy atom. The van der Waals surface area contributed by atoms with Gasteiger partial charge in [0.2, 0.25) is 5.91 Å². The van der Waals surface area contributed by atoms with Crippen LogP contribution in [0.4, 0.5) is 0 Å². The maximum absolute atomic E-state index is 12.7. The molecule has 172 valence electrons. The summed E-state index contributed by atoms with van der Waals surface area (Å²) < 4.78 is 12.3. The summed E-state index contributed by atoms with van der Waals surface area (Å²) in [5.74, 6) is 2.15. The van der Waals surface area contributed by atoms with E-state index in [2.05, 4.69) is 63.3 Å². The lowest BCUT2D eigenvalue weighted by molar-refractivity contribution is -0.137. The second-order valence-electron chi connectivity index (χ2n) is 10.9. The van der Waals surface area contributed by atoms with Crippen LogP contribution in [-0.4, -0.2) is 44.7 Å². The van der Waals surface area contributed by atoms with E-state index in [1.54, 1.807) is 7.11 Å². The molecular formula is C26H40N2O3. The molecule has 1 aromatic rings. The first kappa shape index (κ1) is 22.6. The van der Waals surface area contributed by atoms with Crippen molar-refractivity contribution in [2.24, 2.45) is 22.7 Å². The van der Waals surface area contributed by atoms with E-state index in [1.807, 2.05) is 0 Å². The van der Waals surface area contributed by atoms with Gasteiger partial charge in [-0.1, -0.05) is 26.8 Å². The molecular weight excluding hydrogens is 388 g/mol. The normalized spacial score (nSPS) is 33.4. The third kappa shape index (κ3) is 3.78. The maximum atomic E-state index is 12.7. The number of carbonyl (C=O) groups excluding carboxylic acids is 1. The zero-order valence-corrected chi connectivity index (χ0v) is 20.2. The van der Waals surface area contributed by atoms with Crippen molar-refractivity contribution in [2.45, 2.75) is 71.6 Å². The number of ether oxygens (including phenoxy) is 2. The van der Waals surface area contributed by atoms with Crippen LogP contribution in [-0.2, 0) is 16.1 Å². The van der Waals surface area contributed by atoms with Crippen molar-refractivity contribution in [2.75, 3.05) is 27.8 Å². The van der Waals surface area contributed by atoms with Crippen LogP contribution in [0.3, 0.4) is 0 Å². The Labute approximate surface area is 187 Å². The molecule has 1 spiro atoms. The molecule has 2 bridgehead atoms. The highest BCUT2D eigenvalue weighted by molar-refractivity contribution is 5.76. The van der Waals surface area contributed by atoms with Crippen LogP contribution in [0.5, 0.6) is 5.75 Å². The summed E-state index contributed by atoms with van der Waals surface area (Å²) in [6.07, 6.45) is 4.92. The monoisotopic (exact) mass is 428 g/mol. The van der Waals surface area contributed by atoms with E-state index in [0.29, 0.717) is 18.3 Å². The standard InChI is InChI=1S/C26H40N2O3/c1-7-8-22(29)27-24-25(2,3)18-14-20-23(31-12-11-26(20,24)15-18)19-13-17(16-28(4)5)9-10-21(19)30-6/h9-10,13,18,20,23-24H,7-8,11-12,14-16H2,1-6H3,(H,27,29)/t18-,20-,23-,24+,26?/m1/s1. The number of hydrogen-bond acceptors (Lipinski definition) is 4. The minimum atomic E-state index is 0.0255. The molecule has 5 heteroatoms. The van der Waals surface area contributed by atoms with Gasteiger partial charge in [-0.25, -0.2) is 0 Å². The molecule has 5 nitrogen and oxygen atoms in total. The number of rotatable bonds is 7. The summed E-state index contributed by atoms with van der Waals surface area (Å²) in [5.41, 5.74) is 2.69. The van der Waals surface area contributed by atoms with E-state index in [4.69, 9.17) is 9.47 Å². The first-order valence-corrected chi connectivity index (χ1v) is 12.0. The van der Waals surface area contributed by atoms with Gasteiger partial charge < -0.3 is 19.7 Å². The predicted molar refractivity (Wildman–Crippen MR) is 123 cm³/mol. The number of benzene rings is 1. The summed E-state index contributed by atoms with van der Waals surface area (Å²) in [7, 11) is 5.94. The molecule has 2 aliphatic carbocycles. The minimum absolute atomic E-state index is 0.0255. The molecule has 1 aliphatic heterocycles.